The summed E-state index contributed by atoms with van der Waals surface area (Å²) in [6, 6.07) is 10.8. The second-order valence-corrected chi connectivity index (χ2v) is 6.48. The number of aliphatic hydroxyl groups excluding tert-OH is 1. The third-order valence-corrected chi connectivity index (χ3v) is 4.16. The second-order valence-electron chi connectivity index (χ2n) is 6.48. The Morgan fingerprint density at radius 1 is 1.17 bits per heavy atom. The molecule has 2 N–H and O–H groups in total. The molecule has 0 bridgehead atoms. The van der Waals surface area contributed by atoms with Crippen LogP contribution in [0.15, 0.2) is 59.5 Å². The van der Waals surface area contributed by atoms with Gasteiger partial charge in [0.1, 0.15) is 11.3 Å². The standard InChI is InChI=1S/C20H17F3N4O3/c1-12(11-28)25-18(29)15-9-17(16-8-7-13(10-24-16)20(21,22)23)26-27(19(15)30)14-5-3-2-4-6-14/h2-10,12,28H,11H2,1H3,(H,25,29). The van der Waals surface area contributed by atoms with Crippen molar-refractivity contribution in [2.75, 3.05) is 6.61 Å². The van der Waals surface area contributed by atoms with Crippen molar-refractivity contribution in [3.63, 3.8) is 0 Å². The summed E-state index contributed by atoms with van der Waals surface area (Å²) in [7, 11) is 0. The first-order chi connectivity index (χ1) is 14.2. The Bertz CT molecular complexity index is 1100. The molecule has 0 radical (unpaired) electrons. The molecule has 156 valence electrons. The SMILES string of the molecule is CC(CO)NC(=O)c1cc(-c2ccc(C(F)(F)F)cn2)nn(-c2ccccc2)c1=O. The number of amides is 1. The Morgan fingerprint density at radius 2 is 1.87 bits per heavy atom. The van der Waals surface area contributed by atoms with Gasteiger partial charge in [0, 0.05) is 12.2 Å². The Labute approximate surface area is 168 Å². The number of rotatable bonds is 5. The van der Waals surface area contributed by atoms with E-state index in [2.05, 4.69) is 15.4 Å². The van der Waals surface area contributed by atoms with Crippen molar-refractivity contribution in [1.29, 1.82) is 0 Å². The summed E-state index contributed by atoms with van der Waals surface area (Å²) in [5.74, 6) is -0.748. The molecule has 0 saturated heterocycles. The first-order valence-corrected chi connectivity index (χ1v) is 8.86. The summed E-state index contributed by atoms with van der Waals surface area (Å²) in [5.41, 5.74) is -1.49. The number of carbonyl (C=O) groups excluding carboxylic acids is 1. The number of aromatic nitrogens is 3. The molecule has 10 heteroatoms. The van der Waals surface area contributed by atoms with Gasteiger partial charge in [0.15, 0.2) is 0 Å². The summed E-state index contributed by atoms with van der Waals surface area (Å²) in [4.78, 5) is 29.2. The first-order valence-electron chi connectivity index (χ1n) is 8.86. The molecule has 0 aliphatic rings. The topological polar surface area (TPSA) is 97.1 Å². The van der Waals surface area contributed by atoms with Gasteiger partial charge in [0.25, 0.3) is 11.5 Å². The van der Waals surface area contributed by atoms with E-state index in [9.17, 15) is 22.8 Å². The largest absolute Gasteiger partial charge is 0.417 e. The maximum Gasteiger partial charge on any atom is 0.417 e. The molecular formula is C20H17F3N4O3. The van der Waals surface area contributed by atoms with Crippen LogP contribution in [0.4, 0.5) is 13.2 Å². The number of hydrogen-bond donors (Lipinski definition) is 2. The van der Waals surface area contributed by atoms with Gasteiger partial charge in [0.05, 0.1) is 23.6 Å². The number of pyridine rings is 1. The van der Waals surface area contributed by atoms with E-state index in [1.165, 1.54) is 0 Å². The van der Waals surface area contributed by atoms with Crippen molar-refractivity contribution in [3.05, 3.63) is 76.2 Å². The van der Waals surface area contributed by atoms with Gasteiger partial charge < -0.3 is 10.4 Å². The van der Waals surface area contributed by atoms with Crippen molar-refractivity contribution in [2.45, 2.75) is 19.1 Å². The molecule has 1 aromatic carbocycles. The van der Waals surface area contributed by atoms with E-state index in [1.807, 2.05) is 0 Å². The van der Waals surface area contributed by atoms with E-state index in [1.54, 1.807) is 37.3 Å². The number of alkyl halides is 3. The van der Waals surface area contributed by atoms with Gasteiger partial charge in [-0.15, -0.1) is 0 Å². The number of carbonyl (C=O) groups is 1. The number of nitrogens with one attached hydrogen (secondary N) is 1. The molecule has 3 aromatic rings. The van der Waals surface area contributed by atoms with Crippen LogP contribution in [0.3, 0.4) is 0 Å². The van der Waals surface area contributed by atoms with Crippen LogP contribution in [-0.4, -0.2) is 38.4 Å². The van der Waals surface area contributed by atoms with Crippen LogP contribution < -0.4 is 10.9 Å². The normalized spacial score (nSPS) is 12.4. The highest BCUT2D eigenvalue weighted by atomic mass is 19.4. The summed E-state index contributed by atoms with van der Waals surface area (Å²) in [6.07, 6.45) is -3.89. The summed E-state index contributed by atoms with van der Waals surface area (Å²) >= 11 is 0. The van der Waals surface area contributed by atoms with Crippen LogP contribution in [0.1, 0.15) is 22.8 Å². The molecule has 7 nitrogen and oxygen atoms in total. The minimum atomic E-state index is -4.55. The lowest BCUT2D eigenvalue weighted by Gasteiger charge is -2.13. The van der Waals surface area contributed by atoms with Gasteiger partial charge >= 0.3 is 6.18 Å². The molecule has 1 unspecified atom stereocenters. The lowest BCUT2D eigenvalue weighted by molar-refractivity contribution is -0.137. The van der Waals surface area contributed by atoms with Crippen molar-refractivity contribution < 1.29 is 23.1 Å². The number of hydrogen-bond acceptors (Lipinski definition) is 5. The number of nitrogens with zero attached hydrogens (tertiary/aromatic N) is 3. The molecule has 0 aliphatic heterocycles. The van der Waals surface area contributed by atoms with Crippen LogP contribution in [0.2, 0.25) is 0 Å². The molecule has 0 aliphatic carbocycles. The Hall–Kier alpha value is -3.53. The fourth-order valence-electron chi connectivity index (χ4n) is 2.59. The van der Waals surface area contributed by atoms with Crippen LogP contribution in [0, 0.1) is 0 Å². The maximum absolute atomic E-state index is 12.9. The molecular weight excluding hydrogens is 401 g/mol. The van der Waals surface area contributed by atoms with Crippen molar-refractivity contribution in [2.24, 2.45) is 0 Å². The maximum atomic E-state index is 12.9. The number of aliphatic hydroxyl groups is 1. The predicted molar refractivity (Wildman–Crippen MR) is 102 cm³/mol. The van der Waals surface area contributed by atoms with Gasteiger partial charge in [-0.05, 0) is 37.3 Å². The van der Waals surface area contributed by atoms with Gasteiger partial charge in [-0.25, -0.2) is 0 Å². The van der Waals surface area contributed by atoms with E-state index in [-0.39, 0.29) is 23.6 Å². The van der Waals surface area contributed by atoms with Crippen molar-refractivity contribution in [1.82, 2.24) is 20.1 Å². The van der Waals surface area contributed by atoms with Crippen molar-refractivity contribution in [3.8, 4) is 17.1 Å². The highest BCUT2D eigenvalue weighted by Crippen LogP contribution is 2.29. The lowest BCUT2D eigenvalue weighted by atomic mass is 10.1. The molecule has 30 heavy (non-hydrogen) atoms. The zero-order chi connectivity index (χ0) is 21.9. The predicted octanol–water partition coefficient (Wildman–Crippen LogP) is 2.42. The summed E-state index contributed by atoms with van der Waals surface area (Å²) in [5, 5.41) is 15.8. The monoisotopic (exact) mass is 418 g/mol. The Balaban J connectivity index is 2.14. The van der Waals surface area contributed by atoms with Crippen LogP contribution in [-0.2, 0) is 6.18 Å². The van der Waals surface area contributed by atoms with E-state index in [0.717, 1.165) is 22.9 Å². The van der Waals surface area contributed by atoms with Crippen LogP contribution in [0.5, 0.6) is 0 Å². The van der Waals surface area contributed by atoms with E-state index in [0.29, 0.717) is 11.9 Å². The van der Waals surface area contributed by atoms with Gasteiger partial charge in [0.2, 0.25) is 0 Å². The molecule has 1 amide bonds. The smallest absolute Gasteiger partial charge is 0.394 e. The molecule has 2 aromatic heterocycles. The fraction of sp³-hybridized carbons (Fsp3) is 0.200. The van der Waals surface area contributed by atoms with Crippen molar-refractivity contribution >= 4 is 5.91 Å². The highest BCUT2D eigenvalue weighted by Gasteiger charge is 2.31. The second kappa shape index (κ2) is 8.46. The molecule has 0 spiro atoms. The number of halogens is 3. The molecule has 0 fully saturated rings. The summed E-state index contributed by atoms with van der Waals surface area (Å²) in [6.45, 7) is 1.21. The van der Waals surface area contributed by atoms with Gasteiger partial charge in [-0.3, -0.25) is 14.6 Å². The molecule has 3 rings (SSSR count). The molecule has 0 saturated carbocycles. The molecule has 2 heterocycles. The fourth-order valence-corrected chi connectivity index (χ4v) is 2.59. The van der Waals surface area contributed by atoms with Gasteiger partial charge in [-0.1, -0.05) is 18.2 Å². The van der Waals surface area contributed by atoms with Gasteiger partial charge in [-0.2, -0.15) is 23.0 Å². The third kappa shape index (κ3) is 4.54. The number of para-hydroxylation sites is 1. The highest BCUT2D eigenvalue weighted by molar-refractivity contribution is 5.94. The lowest BCUT2D eigenvalue weighted by Crippen LogP contribution is -2.39. The zero-order valence-corrected chi connectivity index (χ0v) is 15.7. The van der Waals surface area contributed by atoms with E-state index < -0.39 is 29.2 Å². The average Bonchev–Trinajstić information content (AvgIpc) is 2.73. The third-order valence-electron chi connectivity index (χ3n) is 4.16. The Morgan fingerprint density at radius 3 is 2.43 bits per heavy atom. The first kappa shape index (κ1) is 21.2. The van der Waals surface area contributed by atoms with E-state index >= 15 is 0 Å². The summed E-state index contributed by atoms with van der Waals surface area (Å²) < 4.78 is 39.4. The quantitative estimate of drug-likeness (QED) is 0.663. The molecule has 1 atom stereocenters. The van der Waals surface area contributed by atoms with Crippen LogP contribution in [0.25, 0.3) is 17.1 Å². The average molecular weight is 418 g/mol. The number of benzene rings is 1. The minimum Gasteiger partial charge on any atom is -0.394 e. The van der Waals surface area contributed by atoms with Crippen LogP contribution >= 0.6 is 0 Å². The zero-order valence-electron chi connectivity index (χ0n) is 15.7. The minimum absolute atomic E-state index is 0.0361. The van der Waals surface area contributed by atoms with E-state index in [4.69, 9.17) is 5.11 Å². The Kier molecular flexibility index (Phi) is 5.97.